The number of benzene rings is 1. The standard InChI is InChI=1S/C21H35N3O/c1-16(2)24(17(3)4)15-14-23-21(25)20(18-10-6-5-7-11-18)19-12-8-9-13-22-19/h5-7,10-11,16-17,19-20,22H,8-9,12-15H2,1-4H3,(H,23,25)/t19-,20-/m1/s1. The Morgan fingerprint density at radius 1 is 1.16 bits per heavy atom. The van der Waals surface area contributed by atoms with Crippen molar-refractivity contribution in [1.29, 1.82) is 0 Å². The van der Waals surface area contributed by atoms with Gasteiger partial charge >= 0.3 is 0 Å². The SMILES string of the molecule is CC(C)N(CCNC(=O)[C@H](c1ccccc1)[C@H]1CCCCN1)C(C)C. The third-order valence-corrected chi connectivity index (χ3v) is 5.19. The monoisotopic (exact) mass is 345 g/mol. The van der Waals surface area contributed by atoms with Crippen LogP contribution < -0.4 is 10.6 Å². The fraction of sp³-hybridized carbons (Fsp3) is 0.667. The van der Waals surface area contributed by atoms with Crippen molar-refractivity contribution in [3.63, 3.8) is 0 Å². The molecule has 0 bridgehead atoms. The van der Waals surface area contributed by atoms with E-state index in [1.165, 1.54) is 12.8 Å². The molecule has 25 heavy (non-hydrogen) atoms. The minimum Gasteiger partial charge on any atom is -0.354 e. The number of hydrogen-bond acceptors (Lipinski definition) is 3. The first-order valence-corrected chi connectivity index (χ1v) is 9.82. The largest absolute Gasteiger partial charge is 0.354 e. The zero-order valence-electron chi connectivity index (χ0n) is 16.3. The summed E-state index contributed by atoms with van der Waals surface area (Å²) in [6.07, 6.45) is 3.47. The Kier molecular flexibility index (Phi) is 7.91. The number of piperidine rings is 1. The van der Waals surface area contributed by atoms with Gasteiger partial charge in [0.05, 0.1) is 5.92 Å². The van der Waals surface area contributed by atoms with Crippen molar-refractivity contribution in [1.82, 2.24) is 15.5 Å². The zero-order valence-corrected chi connectivity index (χ0v) is 16.3. The molecule has 1 aromatic rings. The predicted octanol–water partition coefficient (Wildman–Crippen LogP) is 3.15. The Morgan fingerprint density at radius 2 is 1.84 bits per heavy atom. The maximum absolute atomic E-state index is 13.0. The molecule has 0 unspecified atom stereocenters. The van der Waals surface area contributed by atoms with E-state index in [9.17, 15) is 4.79 Å². The third-order valence-electron chi connectivity index (χ3n) is 5.19. The molecule has 4 nitrogen and oxygen atoms in total. The second-order valence-electron chi connectivity index (χ2n) is 7.66. The van der Waals surface area contributed by atoms with Gasteiger partial charge in [-0.2, -0.15) is 0 Å². The van der Waals surface area contributed by atoms with Gasteiger partial charge in [0.15, 0.2) is 0 Å². The fourth-order valence-electron chi connectivity index (χ4n) is 3.92. The van der Waals surface area contributed by atoms with E-state index in [0.29, 0.717) is 18.6 Å². The van der Waals surface area contributed by atoms with Crippen molar-refractivity contribution in [2.45, 2.75) is 71.0 Å². The highest BCUT2D eigenvalue weighted by molar-refractivity contribution is 5.84. The molecule has 1 saturated heterocycles. The molecular weight excluding hydrogens is 310 g/mol. The Balaban J connectivity index is 2.00. The average Bonchev–Trinajstić information content (AvgIpc) is 2.60. The minimum absolute atomic E-state index is 0.104. The van der Waals surface area contributed by atoms with Gasteiger partial charge in [0.25, 0.3) is 0 Å². The summed E-state index contributed by atoms with van der Waals surface area (Å²) in [6, 6.07) is 11.4. The van der Waals surface area contributed by atoms with Gasteiger partial charge in [-0.15, -0.1) is 0 Å². The minimum atomic E-state index is -0.104. The van der Waals surface area contributed by atoms with Crippen LogP contribution in [0.1, 0.15) is 58.4 Å². The van der Waals surface area contributed by atoms with Crippen LogP contribution in [0.25, 0.3) is 0 Å². The van der Waals surface area contributed by atoms with Crippen molar-refractivity contribution in [2.75, 3.05) is 19.6 Å². The van der Waals surface area contributed by atoms with Crippen LogP contribution in [-0.2, 0) is 4.79 Å². The summed E-state index contributed by atoms with van der Waals surface area (Å²) >= 11 is 0. The number of hydrogen-bond donors (Lipinski definition) is 2. The maximum Gasteiger partial charge on any atom is 0.229 e. The summed E-state index contributed by atoms with van der Waals surface area (Å²) in [5.74, 6) is 0.0473. The molecule has 2 atom stereocenters. The normalized spacial score (nSPS) is 19.4. The lowest BCUT2D eigenvalue weighted by atomic mass is 9.86. The topological polar surface area (TPSA) is 44.4 Å². The highest BCUT2D eigenvalue weighted by Gasteiger charge is 2.30. The Hall–Kier alpha value is -1.39. The van der Waals surface area contributed by atoms with Crippen molar-refractivity contribution in [2.24, 2.45) is 0 Å². The Bertz CT molecular complexity index is 501. The average molecular weight is 346 g/mol. The maximum atomic E-state index is 13.0. The summed E-state index contributed by atoms with van der Waals surface area (Å²) in [4.78, 5) is 15.4. The summed E-state index contributed by atoms with van der Waals surface area (Å²) in [6.45, 7) is 11.4. The van der Waals surface area contributed by atoms with E-state index >= 15 is 0 Å². The predicted molar refractivity (Wildman–Crippen MR) is 105 cm³/mol. The van der Waals surface area contributed by atoms with Gasteiger partial charge in [-0.05, 0) is 52.6 Å². The third kappa shape index (κ3) is 5.82. The van der Waals surface area contributed by atoms with Gasteiger partial charge in [-0.25, -0.2) is 0 Å². The number of carbonyl (C=O) groups is 1. The summed E-state index contributed by atoms with van der Waals surface area (Å²) in [5, 5.41) is 6.76. The molecule has 2 N–H and O–H groups in total. The molecule has 1 heterocycles. The zero-order chi connectivity index (χ0) is 18.2. The Labute approximate surface area is 153 Å². The summed E-state index contributed by atoms with van der Waals surface area (Å²) in [7, 11) is 0. The lowest BCUT2D eigenvalue weighted by Gasteiger charge is -2.32. The first-order chi connectivity index (χ1) is 12.0. The molecule has 0 saturated carbocycles. The smallest absolute Gasteiger partial charge is 0.229 e. The lowest BCUT2D eigenvalue weighted by Crippen LogP contribution is -2.47. The van der Waals surface area contributed by atoms with Crippen LogP contribution in [0.5, 0.6) is 0 Å². The quantitative estimate of drug-likeness (QED) is 0.761. The highest BCUT2D eigenvalue weighted by atomic mass is 16.1. The van der Waals surface area contributed by atoms with Gasteiger partial charge < -0.3 is 10.6 Å². The second-order valence-corrected chi connectivity index (χ2v) is 7.66. The molecular formula is C21H35N3O. The van der Waals surface area contributed by atoms with Crippen LogP contribution in [0.2, 0.25) is 0 Å². The van der Waals surface area contributed by atoms with Crippen molar-refractivity contribution in [3.8, 4) is 0 Å². The van der Waals surface area contributed by atoms with Crippen LogP contribution in [0.15, 0.2) is 30.3 Å². The number of nitrogens with one attached hydrogen (secondary N) is 2. The van der Waals surface area contributed by atoms with E-state index in [1.807, 2.05) is 18.2 Å². The van der Waals surface area contributed by atoms with E-state index in [2.05, 4.69) is 55.4 Å². The number of carbonyl (C=O) groups excluding carboxylic acids is 1. The molecule has 1 aliphatic heterocycles. The van der Waals surface area contributed by atoms with E-state index < -0.39 is 0 Å². The number of nitrogens with zero attached hydrogens (tertiary/aromatic N) is 1. The molecule has 140 valence electrons. The van der Waals surface area contributed by atoms with Crippen molar-refractivity contribution >= 4 is 5.91 Å². The van der Waals surface area contributed by atoms with Crippen LogP contribution in [0.4, 0.5) is 0 Å². The molecule has 1 aromatic carbocycles. The Morgan fingerprint density at radius 3 is 2.40 bits per heavy atom. The van der Waals surface area contributed by atoms with Crippen LogP contribution >= 0.6 is 0 Å². The van der Waals surface area contributed by atoms with E-state index in [-0.39, 0.29) is 17.9 Å². The van der Waals surface area contributed by atoms with Gasteiger partial charge in [0, 0.05) is 31.2 Å². The lowest BCUT2D eigenvalue weighted by molar-refractivity contribution is -0.123. The van der Waals surface area contributed by atoms with E-state index in [1.54, 1.807) is 0 Å². The molecule has 1 fully saturated rings. The van der Waals surface area contributed by atoms with E-state index in [0.717, 1.165) is 25.1 Å². The van der Waals surface area contributed by atoms with E-state index in [4.69, 9.17) is 0 Å². The van der Waals surface area contributed by atoms with Crippen LogP contribution in [0.3, 0.4) is 0 Å². The molecule has 0 radical (unpaired) electrons. The number of amides is 1. The first kappa shape index (κ1) is 19.9. The van der Waals surface area contributed by atoms with Gasteiger partial charge in [0.2, 0.25) is 5.91 Å². The van der Waals surface area contributed by atoms with Gasteiger partial charge in [-0.1, -0.05) is 36.8 Å². The van der Waals surface area contributed by atoms with Crippen LogP contribution in [0, 0.1) is 0 Å². The molecule has 0 spiro atoms. The molecule has 4 heteroatoms. The van der Waals surface area contributed by atoms with Crippen LogP contribution in [-0.4, -0.2) is 48.6 Å². The van der Waals surface area contributed by atoms with Gasteiger partial charge in [0.1, 0.15) is 0 Å². The molecule has 2 rings (SSSR count). The first-order valence-electron chi connectivity index (χ1n) is 9.82. The van der Waals surface area contributed by atoms with Crippen molar-refractivity contribution < 1.29 is 4.79 Å². The summed E-state index contributed by atoms with van der Waals surface area (Å²) < 4.78 is 0. The molecule has 0 aromatic heterocycles. The summed E-state index contributed by atoms with van der Waals surface area (Å²) in [5.41, 5.74) is 1.11. The van der Waals surface area contributed by atoms with Gasteiger partial charge in [-0.3, -0.25) is 9.69 Å². The molecule has 0 aliphatic carbocycles. The highest BCUT2D eigenvalue weighted by Crippen LogP contribution is 2.25. The fourth-order valence-corrected chi connectivity index (χ4v) is 3.92. The molecule has 1 amide bonds. The van der Waals surface area contributed by atoms with Crippen molar-refractivity contribution in [3.05, 3.63) is 35.9 Å². The number of rotatable bonds is 8. The molecule has 1 aliphatic rings. The second kappa shape index (κ2) is 9.93.